The molecule has 0 saturated heterocycles. The molecular weight excluding hydrogens is 282 g/mol. The van der Waals surface area contributed by atoms with Gasteiger partial charge in [-0.25, -0.2) is 0 Å². The van der Waals surface area contributed by atoms with Crippen molar-refractivity contribution in [1.82, 2.24) is 4.90 Å². The van der Waals surface area contributed by atoms with Crippen LogP contribution in [0.1, 0.15) is 25.3 Å². The average molecular weight is 303 g/mol. The molecule has 3 rings (SSSR count). The molecule has 6 nitrogen and oxygen atoms in total. The summed E-state index contributed by atoms with van der Waals surface area (Å²) in [6.45, 7) is 3.18. The number of rotatable bonds is 5. The zero-order valence-corrected chi connectivity index (χ0v) is 13.0. The third-order valence-corrected chi connectivity index (χ3v) is 4.85. The number of likely N-dealkylation sites (N-methyl/N-ethyl adjacent to an activating group) is 1. The fourth-order valence-electron chi connectivity index (χ4n) is 3.14. The summed E-state index contributed by atoms with van der Waals surface area (Å²) >= 11 is 0. The van der Waals surface area contributed by atoms with E-state index >= 15 is 0 Å². The summed E-state index contributed by atoms with van der Waals surface area (Å²) in [6.07, 6.45) is 3.20. The van der Waals surface area contributed by atoms with Crippen LogP contribution in [0.4, 0.5) is 11.4 Å². The van der Waals surface area contributed by atoms with Crippen molar-refractivity contribution in [3.63, 3.8) is 0 Å². The van der Waals surface area contributed by atoms with Crippen molar-refractivity contribution < 1.29 is 9.72 Å². The zero-order valence-electron chi connectivity index (χ0n) is 13.0. The van der Waals surface area contributed by atoms with Crippen LogP contribution < -0.4 is 4.90 Å². The molecule has 1 heterocycles. The van der Waals surface area contributed by atoms with Gasteiger partial charge in [-0.1, -0.05) is 0 Å². The van der Waals surface area contributed by atoms with E-state index in [4.69, 9.17) is 0 Å². The molecule has 1 aliphatic heterocycles. The number of nitro groups is 1. The Morgan fingerprint density at radius 2 is 2.23 bits per heavy atom. The molecule has 0 radical (unpaired) electrons. The molecule has 6 heteroatoms. The zero-order chi connectivity index (χ0) is 15.9. The molecule has 1 aliphatic carbocycles. The first-order valence-corrected chi connectivity index (χ1v) is 7.75. The van der Waals surface area contributed by atoms with Crippen molar-refractivity contribution in [3.05, 3.63) is 33.9 Å². The van der Waals surface area contributed by atoms with Gasteiger partial charge < -0.3 is 4.90 Å². The minimum atomic E-state index is -0.393. The van der Waals surface area contributed by atoms with E-state index < -0.39 is 4.92 Å². The average Bonchev–Trinajstić information content (AvgIpc) is 3.24. The highest BCUT2D eigenvalue weighted by Gasteiger charge is 2.33. The number of amides is 1. The van der Waals surface area contributed by atoms with Crippen LogP contribution in [0.15, 0.2) is 18.2 Å². The summed E-state index contributed by atoms with van der Waals surface area (Å²) in [6, 6.07) is 5.19. The van der Waals surface area contributed by atoms with Crippen LogP contribution in [-0.2, 0) is 11.2 Å². The molecule has 118 valence electrons. The molecule has 1 saturated carbocycles. The van der Waals surface area contributed by atoms with E-state index in [0.717, 1.165) is 17.2 Å². The number of carbonyl (C=O) groups is 1. The lowest BCUT2D eigenvalue weighted by Gasteiger charge is -2.26. The number of nitrogens with zero attached hydrogens (tertiary/aromatic N) is 3. The molecule has 22 heavy (non-hydrogen) atoms. The molecule has 2 aliphatic rings. The third-order valence-electron chi connectivity index (χ3n) is 4.85. The smallest absolute Gasteiger partial charge is 0.269 e. The Bertz CT molecular complexity index is 613. The van der Waals surface area contributed by atoms with Crippen molar-refractivity contribution in [1.29, 1.82) is 0 Å². The Labute approximate surface area is 129 Å². The largest absolute Gasteiger partial charge is 0.311 e. The van der Waals surface area contributed by atoms with Crippen LogP contribution in [0, 0.1) is 16.0 Å². The molecule has 0 N–H and O–H groups in total. The lowest BCUT2D eigenvalue weighted by molar-refractivity contribution is -0.384. The minimum absolute atomic E-state index is 0.0719. The number of benzene rings is 1. The van der Waals surface area contributed by atoms with E-state index in [1.807, 2.05) is 7.05 Å². The van der Waals surface area contributed by atoms with Gasteiger partial charge >= 0.3 is 0 Å². The Morgan fingerprint density at radius 1 is 1.50 bits per heavy atom. The molecule has 0 bridgehead atoms. The summed E-state index contributed by atoms with van der Waals surface area (Å²) in [5, 5.41) is 10.8. The molecule has 1 aromatic carbocycles. The number of non-ortho nitro benzene ring substituents is 1. The van der Waals surface area contributed by atoms with Crippen molar-refractivity contribution in [2.75, 3.05) is 25.0 Å². The molecule has 1 atom stereocenters. The number of carbonyl (C=O) groups excluding carboxylic acids is 1. The van der Waals surface area contributed by atoms with E-state index in [1.54, 1.807) is 17.0 Å². The Morgan fingerprint density at radius 3 is 2.86 bits per heavy atom. The van der Waals surface area contributed by atoms with Crippen molar-refractivity contribution in [2.24, 2.45) is 5.92 Å². The van der Waals surface area contributed by atoms with Gasteiger partial charge in [0.05, 0.1) is 11.5 Å². The SMILES string of the molecule is CC(C1CC1)N(C)CC(=O)N1CCc2cc([N+](=O)[O-])ccc21. The topological polar surface area (TPSA) is 66.7 Å². The summed E-state index contributed by atoms with van der Waals surface area (Å²) in [5.74, 6) is 0.800. The first-order valence-electron chi connectivity index (χ1n) is 7.75. The second-order valence-corrected chi connectivity index (χ2v) is 6.36. The van der Waals surface area contributed by atoms with E-state index in [2.05, 4.69) is 11.8 Å². The second-order valence-electron chi connectivity index (χ2n) is 6.36. The van der Waals surface area contributed by atoms with E-state index in [9.17, 15) is 14.9 Å². The number of anilines is 1. The molecule has 1 unspecified atom stereocenters. The number of hydrogen-bond acceptors (Lipinski definition) is 4. The van der Waals surface area contributed by atoms with Gasteiger partial charge in [-0.05, 0) is 50.8 Å². The molecule has 1 aromatic rings. The minimum Gasteiger partial charge on any atom is -0.311 e. The predicted molar refractivity (Wildman–Crippen MR) is 84.0 cm³/mol. The summed E-state index contributed by atoms with van der Waals surface area (Å²) in [5.41, 5.74) is 1.80. The van der Waals surface area contributed by atoms with Gasteiger partial charge in [-0.3, -0.25) is 19.8 Å². The maximum atomic E-state index is 12.5. The van der Waals surface area contributed by atoms with Gasteiger partial charge in [0.25, 0.3) is 5.69 Å². The Balaban J connectivity index is 1.69. The maximum absolute atomic E-state index is 12.5. The van der Waals surface area contributed by atoms with Gasteiger partial charge in [0.2, 0.25) is 5.91 Å². The fraction of sp³-hybridized carbons (Fsp3) is 0.562. The number of nitro benzene ring substituents is 1. The van der Waals surface area contributed by atoms with Gasteiger partial charge in [-0.2, -0.15) is 0 Å². The van der Waals surface area contributed by atoms with E-state index in [0.29, 0.717) is 25.6 Å². The Hall–Kier alpha value is -1.95. The highest BCUT2D eigenvalue weighted by atomic mass is 16.6. The molecule has 0 spiro atoms. The van der Waals surface area contributed by atoms with Gasteiger partial charge in [0, 0.05) is 30.4 Å². The summed E-state index contributed by atoms with van der Waals surface area (Å²) in [7, 11) is 1.99. The highest BCUT2D eigenvalue weighted by Crippen LogP contribution is 2.35. The van der Waals surface area contributed by atoms with Gasteiger partial charge in [0.1, 0.15) is 0 Å². The normalized spacial score (nSPS) is 18.4. The standard InChI is InChI=1S/C16H21N3O3/c1-11(12-3-4-12)17(2)10-16(20)18-8-7-13-9-14(19(21)22)5-6-15(13)18/h5-6,9,11-12H,3-4,7-8,10H2,1-2H3. The molecule has 1 fully saturated rings. The van der Waals surface area contributed by atoms with Crippen molar-refractivity contribution in [2.45, 2.75) is 32.2 Å². The van der Waals surface area contributed by atoms with Crippen LogP contribution in [0.25, 0.3) is 0 Å². The lowest BCUT2D eigenvalue weighted by atomic mass is 10.1. The lowest BCUT2D eigenvalue weighted by Crippen LogP contribution is -2.42. The maximum Gasteiger partial charge on any atom is 0.269 e. The molecule has 1 amide bonds. The second kappa shape index (κ2) is 5.68. The monoisotopic (exact) mass is 303 g/mol. The van der Waals surface area contributed by atoms with Crippen molar-refractivity contribution >= 4 is 17.3 Å². The summed E-state index contributed by atoms with van der Waals surface area (Å²) < 4.78 is 0. The fourth-order valence-corrected chi connectivity index (χ4v) is 3.14. The molecule has 0 aromatic heterocycles. The molecular formula is C16H21N3O3. The van der Waals surface area contributed by atoms with Crippen LogP contribution >= 0.6 is 0 Å². The number of fused-ring (bicyclic) bond motifs is 1. The van der Waals surface area contributed by atoms with E-state index in [1.165, 1.54) is 18.9 Å². The quantitative estimate of drug-likeness (QED) is 0.618. The Kier molecular flexibility index (Phi) is 3.87. The van der Waals surface area contributed by atoms with Crippen LogP contribution in [0.3, 0.4) is 0 Å². The van der Waals surface area contributed by atoms with Gasteiger partial charge in [0.15, 0.2) is 0 Å². The van der Waals surface area contributed by atoms with Crippen LogP contribution in [0.2, 0.25) is 0 Å². The highest BCUT2D eigenvalue weighted by molar-refractivity contribution is 5.97. The first kappa shape index (κ1) is 15.0. The third kappa shape index (κ3) is 2.83. The van der Waals surface area contributed by atoms with Gasteiger partial charge in [-0.15, -0.1) is 0 Å². The summed E-state index contributed by atoms with van der Waals surface area (Å²) in [4.78, 5) is 26.8. The predicted octanol–water partition coefficient (Wildman–Crippen LogP) is 2.21. The van der Waals surface area contributed by atoms with Crippen LogP contribution in [-0.4, -0.2) is 41.9 Å². The van der Waals surface area contributed by atoms with E-state index in [-0.39, 0.29) is 11.6 Å². The number of hydrogen-bond donors (Lipinski definition) is 0. The van der Waals surface area contributed by atoms with Crippen LogP contribution in [0.5, 0.6) is 0 Å². The van der Waals surface area contributed by atoms with Crippen molar-refractivity contribution in [3.8, 4) is 0 Å². The first-order chi connectivity index (χ1) is 10.5.